The lowest BCUT2D eigenvalue weighted by Gasteiger charge is -2.12. The van der Waals surface area contributed by atoms with Crippen molar-refractivity contribution in [3.63, 3.8) is 0 Å². The van der Waals surface area contributed by atoms with E-state index in [1.54, 1.807) is 19.6 Å². The highest BCUT2D eigenvalue weighted by Crippen LogP contribution is 2.20. The monoisotopic (exact) mass is 372 g/mol. The molecule has 0 aliphatic heterocycles. The maximum atomic E-state index is 12.5. The van der Waals surface area contributed by atoms with E-state index in [1.165, 1.54) is 0 Å². The molecule has 140 valence electrons. The van der Waals surface area contributed by atoms with Crippen LogP contribution in [-0.4, -0.2) is 27.6 Å². The standard InChI is InChI=1S/C22H20N4O2/c1-28-20-11-5-2-7-16(20)13-21(27)24-14-17-8-6-12-23-22(17)26-15-25-18-9-3-4-10-19(18)26/h2-12,15H,13-14H2,1H3,(H,24,27). The first kappa shape index (κ1) is 17.7. The van der Waals surface area contributed by atoms with E-state index < -0.39 is 0 Å². The molecular weight excluding hydrogens is 352 g/mol. The molecule has 2 aromatic carbocycles. The van der Waals surface area contributed by atoms with E-state index in [2.05, 4.69) is 15.3 Å². The first-order chi connectivity index (χ1) is 13.8. The van der Waals surface area contributed by atoms with E-state index >= 15 is 0 Å². The van der Waals surface area contributed by atoms with Crippen LogP contribution in [0.25, 0.3) is 16.9 Å². The molecule has 0 unspecified atom stereocenters. The highest BCUT2D eigenvalue weighted by atomic mass is 16.5. The minimum atomic E-state index is -0.0743. The third-order valence-electron chi connectivity index (χ3n) is 4.57. The van der Waals surface area contributed by atoms with Gasteiger partial charge in [-0.2, -0.15) is 0 Å². The fourth-order valence-corrected chi connectivity index (χ4v) is 3.19. The number of hydrogen-bond acceptors (Lipinski definition) is 4. The number of fused-ring (bicyclic) bond motifs is 1. The zero-order valence-corrected chi connectivity index (χ0v) is 15.5. The summed E-state index contributed by atoms with van der Waals surface area (Å²) in [6.45, 7) is 0.379. The van der Waals surface area contributed by atoms with Crippen molar-refractivity contribution >= 4 is 16.9 Å². The smallest absolute Gasteiger partial charge is 0.224 e. The molecule has 0 spiro atoms. The number of benzene rings is 2. The summed E-state index contributed by atoms with van der Waals surface area (Å²) in [4.78, 5) is 21.4. The Labute approximate surface area is 162 Å². The Balaban J connectivity index is 1.52. The summed E-state index contributed by atoms with van der Waals surface area (Å²) in [6, 6.07) is 19.2. The predicted molar refractivity (Wildman–Crippen MR) is 107 cm³/mol. The molecule has 0 saturated carbocycles. The molecule has 0 radical (unpaired) electrons. The van der Waals surface area contributed by atoms with Gasteiger partial charge in [-0.1, -0.05) is 36.4 Å². The highest BCUT2D eigenvalue weighted by Gasteiger charge is 2.12. The van der Waals surface area contributed by atoms with Crippen LogP contribution in [0.4, 0.5) is 0 Å². The number of methoxy groups -OCH3 is 1. The van der Waals surface area contributed by atoms with Crippen LogP contribution >= 0.6 is 0 Å². The van der Waals surface area contributed by atoms with E-state index in [9.17, 15) is 4.79 Å². The van der Waals surface area contributed by atoms with Crippen LogP contribution in [0.3, 0.4) is 0 Å². The van der Waals surface area contributed by atoms with Crippen molar-refractivity contribution in [3.8, 4) is 11.6 Å². The molecule has 28 heavy (non-hydrogen) atoms. The lowest BCUT2D eigenvalue weighted by atomic mass is 10.1. The van der Waals surface area contributed by atoms with E-state index in [-0.39, 0.29) is 12.3 Å². The van der Waals surface area contributed by atoms with E-state index in [0.29, 0.717) is 12.3 Å². The van der Waals surface area contributed by atoms with Gasteiger partial charge in [0.15, 0.2) is 0 Å². The molecule has 0 atom stereocenters. The zero-order valence-electron chi connectivity index (χ0n) is 15.5. The van der Waals surface area contributed by atoms with Crippen LogP contribution in [0.1, 0.15) is 11.1 Å². The van der Waals surface area contributed by atoms with Crippen molar-refractivity contribution in [1.29, 1.82) is 0 Å². The number of nitrogens with zero attached hydrogens (tertiary/aromatic N) is 3. The molecular formula is C22H20N4O2. The molecule has 6 nitrogen and oxygen atoms in total. The average Bonchev–Trinajstić information content (AvgIpc) is 3.17. The Morgan fingerprint density at radius 3 is 2.68 bits per heavy atom. The number of para-hydroxylation sites is 3. The highest BCUT2D eigenvalue weighted by molar-refractivity contribution is 5.80. The SMILES string of the molecule is COc1ccccc1CC(=O)NCc1cccnc1-n1cnc2ccccc21. The minimum Gasteiger partial charge on any atom is -0.496 e. The Morgan fingerprint density at radius 1 is 1.00 bits per heavy atom. The number of aromatic nitrogens is 3. The predicted octanol–water partition coefficient (Wildman–Crippen LogP) is 3.29. The molecule has 0 aliphatic rings. The minimum absolute atomic E-state index is 0.0743. The fourth-order valence-electron chi connectivity index (χ4n) is 3.19. The Bertz CT molecular complexity index is 1120. The number of imidazole rings is 1. The molecule has 0 bridgehead atoms. The molecule has 2 aromatic heterocycles. The van der Waals surface area contributed by atoms with Crippen molar-refractivity contribution in [2.24, 2.45) is 0 Å². The molecule has 4 rings (SSSR count). The Kier molecular flexibility index (Phi) is 5.01. The molecule has 2 heterocycles. The molecule has 0 aliphatic carbocycles. The van der Waals surface area contributed by atoms with Gasteiger partial charge in [-0.25, -0.2) is 9.97 Å². The number of amides is 1. The summed E-state index contributed by atoms with van der Waals surface area (Å²) in [6.07, 6.45) is 3.75. The van der Waals surface area contributed by atoms with Crippen molar-refractivity contribution in [1.82, 2.24) is 19.9 Å². The average molecular weight is 372 g/mol. The van der Waals surface area contributed by atoms with Gasteiger partial charge in [-0.15, -0.1) is 0 Å². The number of carbonyl (C=O) groups excluding carboxylic acids is 1. The third kappa shape index (κ3) is 3.57. The number of carbonyl (C=O) groups is 1. The topological polar surface area (TPSA) is 69.0 Å². The Hall–Kier alpha value is -3.67. The summed E-state index contributed by atoms with van der Waals surface area (Å²) in [5, 5.41) is 2.98. The molecule has 0 fully saturated rings. The Morgan fingerprint density at radius 2 is 1.79 bits per heavy atom. The fraction of sp³-hybridized carbons (Fsp3) is 0.136. The van der Waals surface area contributed by atoms with Gasteiger partial charge in [0, 0.05) is 23.9 Å². The normalized spacial score (nSPS) is 10.8. The van der Waals surface area contributed by atoms with E-state index in [4.69, 9.17) is 4.74 Å². The molecule has 1 N–H and O–H groups in total. The largest absolute Gasteiger partial charge is 0.496 e. The lowest BCUT2D eigenvalue weighted by molar-refractivity contribution is -0.120. The van der Waals surface area contributed by atoms with Crippen LogP contribution in [0, 0.1) is 0 Å². The van der Waals surface area contributed by atoms with Crippen molar-refractivity contribution in [2.75, 3.05) is 7.11 Å². The number of pyridine rings is 1. The van der Waals surface area contributed by atoms with Gasteiger partial charge in [0.1, 0.15) is 17.9 Å². The summed E-state index contributed by atoms with van der Waals surface area (Å²) in [7, 11) is 1.61. The summed E-state index contributed by atoms with van der Waals surface area (Å²) < 4.78 is 7.26. The third-order valence-corrected chi connectivity index (χ3v) is 4.57. The van der Waals surface area contributed by atoms with Gasteiger partial charge >= 0.3 is 0 Å². The van der Waals surface area contributed by atoms with Gasteiger partial charge in [0.2, 0.25) is 5.91 Å². The van der Waals surface area contributed by atoms with Crippen molar-refractivity contribution < 1.29 is 9.53 Å². The summed E-state index contributed by atoms with van der Waals surface area (Å²) in [5.41, 5.74) is 3.65. The van der Waals surface area contributed by atoms with Gasteiger partial charge in [-0.3, -0.25) is 9.36 Å². The quantitative estimate of drug-likeness (QED) is 0.564. The number of rotatable bonds is 6. The summed E-state index contributed by atoms with van der Waals surface area (Å²) in [5.74, 6) is 1.40. The molecule has 1 amide bonds. The van der Waals surface area contributed by atoms with Crippen LogP contribution in [0.15, 0.2) is 73.2 Å². The maximum absolute atomic E-state index is 12.5. The second-order valence-corrected chi connectivity index (χ2v) is 6.35. The number of ether oxygens (including phenoxy) is 1. The van der Waals surface area contributed by atoms with Gasteiger partial charge < -0.3 is 10.1 Å². The molecule has 0 saturated heterocycles. The maximum Gasteiger partial charge on any atom is 0.224 e. The van der Waals surface area contributed by atoms with Crippen LogP contribution < -0.4 is 10.1 Å². The van der Waals surface area contributed by atoms with Crippen LogP contribution in [0.5, 0.6) is 5.75 Å². The second kappa shape index (κ2) is 7.92. The second-order valence-electron chi connectivity index (χ2n) is 6.35. The number of hydrogen-bond donors (Lipinski definition) is 1. The van der Waals surface area contributed by atoms with E-state index in [0.717, 1.165) is 28.0 Å². The molecule has 6 heteroatoms. The van der Waals surface area contributed by atoms with Crippen molar-refractivity contribution in [2.45, 2.75) is 13.0 Å². The van der Waals surface area contributed by atoms with Crippen LogP contribution in [-0.2, 0) is 17.8 Å². The lowest BCUT2D eigenvalue weighted by Crippen LogP contribution is -2.25. The number of nitrogens with one attached hydrogen (secondary N) is 1. The summed E-state index contributed by atoms with van der Waals surface area (Å²) >= 11 is 0. The van der Waals surface area contributed by atoms with Gasteiger partial charge in [0.25, 0.3) is 0 Å². The van der Waals surface area contributed by atoms with Crippen LogP contribution in [0.2, 0.25) is 0 Å². The zero-order chi connectivity index (χ0) is 19.3. The van der Waals surface area contributed by atoms with Gasteiger partial charge in [0.05, 0.1) is 24.6 Å². The van der Waals surface area contributed by atoms with E-state index in [1.807, 2.05) is 65.2 Å². The van der Waals surface area contributed by atoms with Crippen molar-refractivity contribution in [3.05, 3.63) is 84.3 Å². The first-order valence-corrected chi connectivity index (χ1v) is 9.01. The molecule has 4 aromatic rings. The van der Waals surface area contributed by atoms with Gasteiger partial charge in [-0.05, 0) is 24.3 Å². The first-order valence-electron chi connectivity index (χ1n) is 9.01.